The normalized spacial score (nSPS) is 18.0. The van der Waals surface area contributed by atoms with Gasteiger partial charge in [-0.1, -0.05) is 6.07 Å². The second-order valence-electron chi connectivity index (χ2n) is 8.26. The van der Waals surface area contributed by atoms with Crippen molar-refractivity contribution < 1.29 is 9.59 Å². The van der Waals surface area contributed by atoms with E-state index in [1.54, 1.807) is 29.7 Å². The summed E-state index contributed by atoms with van der Waals surface area (Å²) < 4.78 is 0. The Balaban J connectivity index is 1.09. The minimum atomic E-state index is -0.377. The van der Waals surface area contributed by atoms with Crippen molar-refractivity contribution in [1.82, 2.24) is 25.6 Å². The van der Waals surface area contributed by atoms with Crippen molar-refractivity contribution in [2.24, 2.45) is 5.92 Å². The number of imide groups is 1. The first-order valence-corrected chi connectivity index (χ1v) is 12.9. The van der Waals surface area contributed by atoms with E-state index in [1.807, 2.05) is 6.20 Å². The van der Waals surface area contributed by atoms with Crippen LogP contribution < -0.4 is 15.5 Å². The van der Waals surface area contributed by atoms with E-state index in [0.717, 1.165) is 56.5 Å². The maximum Gasteiger partial charge on any atom is 0.290 e. The Kier molecular flexibility index (Phi) is 6.98. The zero-order chi connectivity index (χ0) is 23.3. The SMILES string of the molecule is O=C1NC(=O)C(=Cc2ccnc(N3CCC(CNCc4ccc(-c5ccsc5)nc4)CC3)n2)S1. The number of carbonyl (C=O) groups is 2. The lowest BCUT2D eigenvalue weighted by molar-refractivity contribution is -0.115. The molecule has 2 saturated heterocycles. The third kappa shape index (κ3) is 5.52. The molecular weight excluding hydrogens is 468 g/mol. The van der Waals surface area contributed by atoms with E-state index in [4.69, 9.17) is 0 Å². The number of hydrogen-bond donors (Lipinski definition) is 2. The fourth-order valence-corrected chi connectivity index (χ4v) is 5.33. The van der Waals surface area contributed by atoms with Crippen LogP contribution in [0, 0.1) is 5.92 Å². The Hall–Kier alpha value is -3.08. The maximum absolute atomic E-state index is 11.8. The Morgan fingerprint density at radius 3 is 2.74 bits per heavy atom. The number of anilines is 1. The highest BCUT2D eigenvalue weighted by atomic mass is 32.2. The molecule has 0 radical (unpaired) electrons. The van der Waals surface area contributed by atoms with E-state index >= 15 is 0 Å². The Bertz CT molecular complexity index is 1190. The number of piperidine rings is 1. The van der Waals surface area contributed by atoms with Crippen LogP contribution in [0.2, 0.25) is 0 Å². The molecule has 2 fully saturated rings. The summed E-state index contributed by atoms with van der Waals surface area (Å²) in [5, 5.41) is 9.66. The third-order valence-corrected chi connectivity index (χ3v) is 7.38. The molecule has 2 amide bonds. The smallest absolute Gasteiger partial charge is 0.290 e. The van der Waals surface area contributed by atoms with Crippen LogP contribution in [0.5, 0.6) is 0 Å². The highest BCUT2D eigenvalue weighted by Crippen LogP contribution is 2.26. The Labute approximate surface area is 205 Å². The van der Waals surface area contributed by atoms with Gasteiger partial charge in [0, 0.05) is 43.0 Å². The summed E-state index contributed by atoms with van der Waals surface area (Å²) in [6.07, 6.45) is 7.40. The summed E-state index contributed by atoms with van der Waals surface area (Å²) in [5.41, 5.74) is 3.99. The fourth-order valence-electron chi connectivity index (χ4n) is 4.02. The van der Waals surface area contributed by atoms with E-state index in [-0.39, 0.29) is 11.1 Å². The molecule has 0 aromatic carbocycles. The number of amides is 2. The van der Waals surface area contributed by atoms with Gasteiger partial charge in [0.15, 0.2) is 0 Å². The number of carbonyl (C=O) groups excluding carboxylic acids is 2. The van der Waals surface area contributed by atoms with Crippen molar-refractivity contribution in [2.75, 3.05) is 24.5 Å². The summed E-state index contributed by atoms with van der Waals surface area (Å²) in [6, 6.07) is 8.05. The molecule has 0 atom stereocenters. The van der Waals surface area contributed by atoms with Gasteiger partial charge in [0.1, 0.15) is 0 Å². The van der Waals surface area contributed by atoms with Gasteiger partial charge in [-0.15, -0.1) is 0 Å². The number of hydrogen-bond acceptors (Lipinski definition) is 9. The number of pyridine rings is 1. The van der Waals surface area contributed by atoms with E-state index in [0.29, 0.717) is 22.5 Å². The van der Waals surface area contributed by atoms with Gasteiger partial charge in [0.25, 0.3) is 11.1 Å². The van der Waals surface area contributed by atoms with Crippen LogP contribution in [0.3, 0.4) is 0 Å². The lowest BCUT2D eigenvalue weighted by atomic mass is 9.97. The van der Waals surface area contributed by atoms with Crippen molar-refractivity contribution in [3.8, 4) is 11.3 Å². The molecule has 2 aliphatic rings. The molecule has 2 N–H and O–H groups in total. The van der Waals surface area contributed by atoms with Crippen molar-refractivity contribution >= 4 is 46.3 Å². The number of thiophene rings is 1. The van der Waals surface area contributed by atoms with E-state index in [1.165, 1.54) is 11.1 Å². The molecule has 3 aromatic rings. The first-order chi connectivity index (χ1) is 16.6. The van der Waals surface area contributed by atoms with Crippen LogP contribution in [-0.4, -0.2) is 45.7 Å². The van der Waals surface area contributed by atoms with Crippen LogP contribution in [-0.2, 0) is 11.3 Å². The van der Waals surface area contributed by atoms with Gasteiger partial charge in [0.05, 0.1) is 16.3 Å². The summed E-state index contributed by atoms with van der Waals surface area (Å²) in [6.45, 7) is 3.55. The van der Waals surface area contributed by atoms with Gasteiger partial charge in [-0.3, -0.25) is 19.9 Å². The molecule has 8 nitrogen and oxygen atoms in total. The predicted octanol–water partition coefficient (Wildman–Crippen LogP) is 3.93. The highest BCUT2D eigenvalue weighted by Gasteiger charge is 2.25. The van der Waals surface area contributed by atoms with Gasteiger partial charge in [-0.2, -0.15) is 11.3 Å². The van der Waals surface area contributed by atoms with Gasteiger partial charge in [-0.05, 0) is 72.3 Å². The zero-order valence-electron chi connectivity index (χ0n) is 18.4. The molecule has 10 heteroatoms. The summed E-state index contributed by atoms with van der Waals surface area (Å²) in [5.74, 6) is 0.883. The molecule has 0 bridgehead atoms. The lowest BCUT2D eigenvalue weighted by Crippen LogP contribution is -2.38. The minimum Gasteiger partial charge on any atom is -0.341 e. The molecule has 2 aliphatic heterocycles. The van der Waals surface area contributed by atoms with Crippen LogP contribution >= 0.6 is 23.1 Å². The number of thioether (sulfide) groups is 1. The summed E-state index contributed by atoms with van der Waals surface area (Å²) in [7, 11) is 0. The Morgan fingerprint density at radius 1 is 1.15 bits per heavy atom. The number of nitrogens with zero attached hydrogens (tertiary/aromatic N) is 4. The molecule has 0 unspecified atom stereocenters. The van der Waals surface area contributed by atoms with Gasteiger partial charge < -0.3 is 10.2 Å². The van der Waals surface area contributed by atoms with Crippen molar-refractivity contribution in [2.45, 2.75) is 19.4 Å². The van der Waals surface area contributed by atoms with Crippen LogP contribution in [0.4, 0.5) is 10.7 Å². The van der Waals surface area contributed by atoms with Gasteiger partial charge in [0.2, 0.25) is 5.95 Å². The predicted molar refractivity (Wildman–Crippen MR) is 135 cm³/mol. The molecule has 34 heavy (non-hydrogen) atoms. The summed E-state index contributed by atoms with van der Waals surface area (Å²) in [4.78, 5) is 39.2. The molecule has 0 aliphatic carbocycles. The quantitative estimate of drug-likeness (QED) is 0.479. The third-order valence-electron chi connectivity index (χ3n) is 5.89. The second-order valence-corrected chi connectivity index (χ2v) is 10.1. The fraction of sp³-hybridized carbons (Fsp3) is 0.292. The zero-order valence-corrected chi connectivity index (χ0v) is 20.1. The van der Waals surface area contributed by atoms with Crippen molar-refractivity contribution in [3.05, 3.63) is 63.6 Å². The number of aromatic nitrogens is 3. The van der Waals surface area contributed by atoms with Crippen LogP contribution in [0.15, 0.2) is 52.3 Å². The van der Waals surface area contributed by atoms with Crippen LogP contribution in [0.25, 0.3) is 17.3 Å². The van der Waals surface area contributed by atoms with E-state index in [9.17, 15) is 9.59 Å². The van der Waals surface area contributed by atoms with E-state index < -0.39 is 0 Å². The summed E-state index contributed by atoms with van der Waals surface area (Å²) >= 11 is 2.57. The minimum absolute atomic E-state index is 0.354. The highest BCUT2D eigenvalue weighted by molar-refractivity contribution is 8.18. The molecule has 5 rings (SSSR count). The molecule has 3 aromatic heterocycles. The largest absolute Gasteiger partial charge is 0.341 e. The number of rotatable bonds is 7. The molecule has 5 heterocycles. The first kappa shape index (κ1) is 22.7. The lowest BCUT2D eigenvalue weighted by Gasteiger charge is -2.32. The van der Waals surface area contributed by atoms with Crippen molar-refractivity contribution in [1.29, 1.82) is 0 Å². The van der Waals surface area contributed by atoms with Crippen molar-refractivity contribution in [3.63, 3.8) is 0 Å². The van der Waals surface area contributed by atoms with Gasteiger partial charge in [-0.25, -0.2) is 9.97 Å². The van der Waals surface area contributed by atoms with Gasteiger partial charge >= 0.3 is 0 Å². The average Bonchev–Trinajstić information content (AvgIpc) is 3.50. The first-order valence-electron chi connectivity index (χ1n) is 11.1. The average molecular weight is 493 g/mol. The topological polar surface area (TPSA) is 100 Å². The molecule has 174 valence electrons. The van der Waals surface area contributed by atoms with E-state index in [2.05, 4.69) is 59.4 Å². The standard InChI is InChI=1S/C24H24N6O2S2/c31-22-21(34-24(32)29-22)11-19-3-7-26-23(28-19)30-8-4-16(5-9-30)12-25-13-17-1-2-20(27-14-17)18-6-10-33-15-18/h1-3,6-7,10-11,14-16,25H,4-5,8-9,12-13H2,(H,29,31,32). The monoisotopic (exact) mass is 492 g/mol. The molecular formula is C24H24N6O2S2. The second kappa shape index (κ2) is 10.5. The Morgan fingerprint density at radius 2 is 2.03 bits per heavy atom. The maximum atomic E-state index is 11.8. The molecule has 0 spiro atoms. The number of nitrogens with one attached hydrogen (secondary N) is 2. The van der Waals surface area contributed by atoms with Crippen LogP contribution in [0.1, 0.15) is 24.1 Å². The molecule has 0 saturated carbocycles.